The molecule has 10 heteroatoms. The fourth-order valence-corrected chi connectivity index (χ4v) is 6.02. The molecular formula is C28H25N3O6S. The third-order valence-corrected chi connectivity index (χ3v) is 7.51. The van der Waals surface area contributed by atoms with Gasteiger partial charge in [0, 0.05) is 19.0 Å². The van der Waals surface area contributed by atoms with Crippen LogP contribution in [-0.4, -0.2) is 36.1 Å². The van der Waals surface area contributed by atoms with Crippen molar-refractivity contribution >= 4 is 40.4 Å². The van der Waals surface area contributed by atoms with Gasteiger partial charge in [0.05, 0.1) is 35.7 Å². The van der Waals surface area contributed by atoms with Crippen LogP contribution in [0.4, 0.5) is 5.69 Å². The number of methoxy groups -OCH3 is 1. The predicted octanol–water partition coefficient (Wildman–Crippen LogP) is 2.46. The van der Waals surface area contributed by atoms with Gasteiger partial charge in [-0.3, -0.25) is 19.0 Å². The fraction of sp³-hybridized carbons (Fsp3) is 0.250. The summed E-state index contributed by atoms with van der Waals surface area (Å²) in [6.45, 7) is 5.51. The minimum Gasteiger partial charge on any atom is -0.466 e. The number of nitrogens with zero attached hydrogens (tertiary/aromatic N) is 3. The SMILES string of the molecule is CCCN1C(=O)C(=c2sc3n(c2=O)C(c2ccc(OC(C)=O)cc2)C(C(=O)OC)=C(C)N=3)c2ccccc21. The second kappa shape index (κ2) is 9.86. The first kappa shape index (κ1) is 25.3. The van der Waals surface area contributed by atoms with Gasteiger partial charge in [0.2, 0.25) is 0 Å². The van der Waals surface area contributed by atoms with E-state index in [-0.39, 0.29) is 16.0 Å². The van der Waals surface area contributed by atoms with Gasteiger partial charge in [-0.05, 0) is 37.1 Å². The lowest BCUT2D eigenvalue weighted by Gasteiger charge is -2.24. The summed E-state index contributed by atoms with van der Waals surface area (Å²) in [5.41, 5.74) is 2.60. The maximum atomic E-state index is 14.1. The molecule has 3 heterocycles. The van der Waals surface area contributed by atoms with Gasteiger partial charge in [-0.2, -0.15) is 0 Å². The van der Waals surface area contributed by atoms with E-state index >= 15 is 0 Å². The molecule has 1 unspecified atom stereocenters. The molecule has 0 spiro atoms. The van der Waals surface area contributed by atoms with E-state index < -0.39 is 23.5 Å². The molecule has 2 aliphatic rings. The van der Waals surface area contributed by atoms with Crippen LogP contribution in [-0.2, 0) is 19.1 Å². The smallest absolute Gasteiger partial charge is 0.338 e. The molecule has 0 saturated heterocycles. The summed E-state index contributed by atoms with van der Waals surface area (Å²) in [4.78, 5) is 58.5. The van der Waals surface area contributed by atoms with Gasteiger partial charge >= 0.3 is 11.9 Å². The average Bonchev–Trinajstić information content (AvgIpc) is 3.36. The number of benzene rings is 2. The summed E-state index contributed by atoms with van der Waals surface area (Å²) in [5.74, 6) is -0.976. The number of anilines is 1. The van der Waals surface area contributed by atoms with Crippen molar-refractivity contribution in [2.45, 2.75) is 33.2 Å². The third-order valence-electron chi connectivity index (χ3n) is 6.46. The molecular weight excluding hydrogens is 506 g/mol. The standard InChI is InChI=1S/C28H25N3O6S/c1-5-14-30-20-9-7-6-8-19(20)22(25(30)33)24-26(34)31-23(17-10-12-18(13-11-17)37-16(3)32)21(27(35)36-4)15(2)29-28(31)38-24/h6-13,23H,5,14H2,1-4H3. The molecule has 0 bridgehead atoms. The number of amides is 1. The Hall–Kier alpha value is -4.31. The number of allylic oxidation sites excluding steroid dienone is 1. The summed E-state index contributed by atoms with van der Waals surface area (Å²) >= 11 is 1.13. The molecule has 194 valence electrons. The van der Waals surface area contributed by atoms with Crippen LogP contribution in [0.3, 0.4) is 0 Å². The summed E-state index contributed by atoms with van der Waals surface area (Å²) < 4.78 is 11.9. The number of carbonyl (C=O) groups is 3. The monoisotopic (exact) mass is 531 g/mol. The van der Waals surface area contributed by atoms with E-state index in [1.165, 1.54) is 18.6 Å². The van der Waals surface area contributed by atoms with Gasteiger partial charge < -0.3 is 14.4 Å². The van der Waals surface area contributed by atoms with E-state index in [4.69, 9.17) is 9.47 Å². The van der Waals surface area contributed by atoms with E-state index in [1.54, 1.807) is 36.1 Å². The van der Waals surface area contributed by atoms with Crippen molar-refractivity contribution < 1.29 is 23.9 Å². The van der Waals surface area contributed by atoms with Crippen LogP contribution in [0.25, 0.3) is 5.57 Å². The molecule has 1 amide bonds. The lowest BCUT2D eigenvalue weighted by molar-refractivity contribution is -0.136. The number of hydrogen-bond acceptors (Lipinski definition) is 8. The van der Waals surface area contributed by atoms with E-state index in [1.807, 2.05) is 31.2 Å². The highest BCUT2D eigenvalue weighted by atomic mass is 32.1. The zero-order chi connectivity index (χ0) is 27.1. The molecule has 9 nitrogen and oxygen atoms in total. The van der Waals surface area contributed by atoms with E-state index in [9.17, 15) is 19.2 Å². The zero-order valence-corrected chi connectivity index (χ0v) is 22.1. The number of esters is 2. The van der Waals surface area contributed by atoms with Crippen LogP contribution >= 0.6 is 11.3 Å². The molecule has 38 heavy (non-hydrogen) atoms. The largest absolute Gasteiger partial charge is 0.466 e. The minimum absolute atomic E-state index is 0.211. The number of hydrogen-bond donors (Lipinski definition) is 0. The molecule has 0 aliphatic carbocycles. The molecule has 0 fully saturated rings. The lowest BCUT2D eigenvalue weighted by atomic mass is 9.96. The highest BCUT2D eigenvalue weighted by molar-refractivity contribution is 7.07. The molecule has 2 aliphatic heterocycles. The number of para-hydroxylation sites is 1. The van der Waals surface area contributed by atoms with Gasteiger partial charge in [0.15, 0.2) is 4.80 Å². The third kappa shape index (κ3) is 4.06. The Morgan fingerprint density at radius 1 is 1.08 bits per heavy atom. The Morgan fingerprint density at radius 3 is 2.45 bits per heavy atom. The second-order valence-electron chi connectivity index (χ2n) is 8.91. The lowest BCUT2D eigenvalue weighted by Crippen LogP contribution is -2.40. The molecule has 3 aromatic rings. The Balaban J connectivity index is 1.77. The van der Waals surface area contributed by atoms with Gasteiger partial charge in [-0.1, -0.05) is 48.6 Å². The second-order valence-corrected chi connectivity index (χ2v) is 9.88. The highest BCUT2D eigenvalue weighted by Gasteiger charge is 2.37. The predicted molar refractivity (Wildman–Crippen MR) is 142 cm³/mol. The molecule has 2 aromatic carbocycles. The topological polar surface area (TPSA) is 107 Å². The number of rotatable bonds is 5. The number of ether oxygens (including phenoxy) is 2. The quantitative estimate of drug-likeness (QED) is 0.370. The number of thiazole rings is 1. The Morgan fingerprint density at radius 2 is 1.79 bits per heavy atom. The van der Waals surface area contributed by atoms with E-state index in [0.29, 0.717) is 39.5 Å². The average molecular weight is 532 g/mol. The maximum Gasteiger partial charge on any atom is 0.338 e. The first-order valence-electron chi connectivity index (χ1n) is 12.1. The van der Waals surface area contributed by atoms with Crippen LogP contribution < -0.4 is 24.5 Å². The fourth-order valence-electron chi connectivity index (χ4n) is 4.89. The Kier molecular flexibility index (Phi) is 6.58. The van der Waals surface area contributed by atoms with Crippen LogP contribution in [0.2, 0.25) is 0 Å². The summed E-state index contributed by atoms with van der Waals surface area (Å²) in [7, 11) is 1.27. The van der Waals surface area contributed by atoms with Crippen molar-refractivity contribution in [2.75, 3.05) is 18.6 Å². The summed E-state index contributed by atoms with van der Waals surface area (Å²) in [6, 6.07) is 13.1. The van der Waals surface area contributed by atoms with Crippen LogP contribution in [0, 0.1) is 0 Å². The number of aromatic nitrogens is 1. The van der Waals surface area contributed by atoms with Crippen molar-refractivity contribution in [1.82, 2.24) is 4.57 Å². The summed E-state index contributed by atoms with van der Waals surface area (Å²) in [5, 5.41) is 0. The van der Waals surface area contributed by atoms with Crippen molar-refractivity contribution in [3.8, 4) is 5.75 Å². The zero-order valence-electron chi connectivity index (χ0n) is 21.3. The van der Waals surface area contributed by atoms with Gasteiger partial charge in [-0.15, -0.1) is 0 Å². The molecule has 1 aromatic heterocycles. The number of fused-ring (bicyclic) bond motifs is 2. The van der Waals surface area contributed by atoms with Crippen LogP contribution in [0.15, 0.2) is 69.6 Å². The van der Waals surface area contributed by atoms with Gasteiger partial charge in [-0.25, -0.2) is 9.79 Å². The normalized spacial score (nSPS) is 17.6. The molecule has 0 N–H and O–H groups in total. The van der Waals surface area contributed by atoms with E-state index in [0.717, 1.165) is 23.4 Å². The van der Waals surface area contributed by atoms with Crippen LogP contribution in [0.5, 0.6) is 5.75 Å². The highest BCUT2D eigenvalue weighted by Crippen LogP contribution is 2.36. The van der Waals surface area contributed by atoms with E-state index in [2.05, 4.69) is 4.99 Å². The first-order chi connectivity index (χ1) is 18.3. The van der Waals surface area contributed by atoms with Crippen molar-refractivity contribution in [2.24, 2.45) is 4.99 Å². The molecule has 0 saturated carbocycles. The molecule has 0 radical (unpaired) electrons. The van der Waals surface area contributed by atoms with Gasteiger partial charge in [0.1, 0.15) is 10.3 Å². The van der Waals surface area contributed by atoms with Crippen LogP contribution in [0.1, 0.15) is 44.4 Å². The molecule has 5 rings (SSSR count). The minimum atomic E-state index is -0.849. The van der Waals surface area contributed by atoms with Crippen molar-refractivity contribution in [3.63, 3.8) is 0 Å². The first-order valence-corrected chi connectivity index (χ1v) is 12.9. The number of carbonyl (C=O) groups excluding carboxylic acids is 3. The van der Waals surface area contributed by atoms with Gasteiger partial charge in [0.25, 0.3) is 11.5 Å². The Bertz CT molecular complexity index is 1700. The molecule has 1 atom stereocenters. The van der Waals surface area contributed by atoms with Crippen molar-refractivity contribution in [1.29, 1.82) is 0 Å². The Labute approximate surface area is 221 Å². The summed E-state index contributed by atoms with van der Waals surface area (Å²) in [6.07, 6.45) is 0.764. The van der Waals surface area contributed by atoms with Crippen molar-refractivity contribution in [3.05, 3.63) is 90.6 Å². The maximum absolute atomic E-state index is 14.1.